The van der Waals surface area contributed by atoms with Gasteiger partial charge in [-0.05, 0) is 70.4 Å². The van der Waals surface area contributed by atoms with Gasteiger partial charge in [-0.15, -0.1) is 0 Å². The van der Waals surface area contributed by atoms with Crippen molar-refractivity contribution in [1.29, 1.82) is 0 Å². The fraction of sp³-hybridized carbons (Fsp3) is 0.519. The molecular weight excluding hydrogens is 466 g/mol. The number of hydrogen-bond acceptors (Lipinski definition) is 6. The number of carbonyl (C=O) groups excluding carboxylic acids is 1. The number of carbonyl (C=O) groups is 1. The standard InChI is InChI=1S/C27H34F2N4O3/c1-5-35-31-24(20-8-9-21(28)22(29)13-20)23-10-7-19(14-30-23)15-32-16-27(17-32)11-6-12-33(18-27)25(34)36-26(2,3)4/h7-10,13-14H,5-6,11-12,15-18H2,1-4H3. The number of piperidine rings is 1. The lowest BCUT2D eigenvalue weighted by molar-refractivity contribution is -0.0634. The first-order valence-electron chi connectivity index (χ1n) is 12.4. The summed E-state index contributed by atoms with van der Waals surface area (Å²) in [5, 5.41) is 4.08. The zero-order valence-electron chi connectivity index (χ0n) is 21.4. The normalized spacial score (nSPS) is 18.2. The van der Waals surface area contributed by atoms with Gasteiger partial charge in [0.05, 0.1) is 5.69 Å². The quantitative estimate of drug-likeness (QED) is 0.413. The highest BCUT2D eigenvalue weighted by Gasteiger charge is 2.46. The number of aromatic nitrogens is 1. The molecule has 4 rings (SSSR count). The first kappa shape index (κ1) is 26.0. The molecule has 1 amide bonds. The summed E-state index contributed by atoms with van der Waals surface area (Å²) in [7, 11) is 0. The van der Waals surface area contributed by atoms with Gasteiger partial charge < -0.3 is 14.5 Å². The van der Waals surface area contributed by atoms with Gasteiger partial charge in [0.1, 0.15) is 17.9 Å². The number of amides is 1. The van der Waals surface area contributed by atoms with E-state index in [1.165, 1.54) is 6.07 Å². The largest absolute Gasteiger partial charge is 0.444 e. The lowest BCUT2D eigenvalue weighted by Crippen LogP contribution is -2.63. The summed E-state index contributed by atoms with van der Waals surface area (Å²) < 4.78 is 32.8. The minimum absolute atomic E-state index is 0.118. The summed E-state index contributed by atoms with van der Waals surface area (Å²) >= 11 is 0. The van der Waals surface area contributed by atoms with Crippen molar-refractivity contribution in [2.24, 2.45) is 10.6 Å². The third kappa shape index (κ3) is 6.19. The first-order chi connectivity index (χ1) is 17.1. The number of ether oxygens (including phenoxy) is 1. The van der Waals surface area contributed by atoms with Crippen LogP contribution in [0.1, 0.15) is 57.4 Å². The molecule has 9 heteroatoms. The Morgan fingerprint density at radius 1 is 1.14 bits per heavy atom. The first-order valence-corrected chi connectivity index (χ1v) is 12.4. The molecule has 36 heavy (non-hydrogen) atoms. The predicted molar refractivity (Wildman–Crippen MR) is 133 cm³/mol. The summed E-state index contributed by atoms with van der Waals surface area (Å²) in [6.45, 7) is 11.8. The molecule has 0 unspecified atom stereocenters. The molecule has 3 heterocycles. The molecule has 194 valence electrons. The number of hydrogen-bond donors (Lipinski definition) is 0. The van der Waals surface area contributed by atoms with Crippen LogP contribution in [0, 0.1) is 17.0 Å². The van der Waals surface area contributed by atoms with E-state index < -0.39 is 17.2 Å². The van der Waals surface area contributed by atoms with Crippen molar-refractivity contribution >= 4 is 11.8 Å². The van der Waals surface area contributed by atoms with Crippen LogP contribution in [0.4, 0.5) is 13.6 Å². The maximum absolute atomic E-state index is 13.8. The molecule has 0 bridgehead atoms. The van der Waals surface area contributed by atoms with Crippen molar-refractivity contribution in [2.45, 2.75) is 52.7 Å². The molecular formula is C27H34F2N4O3. The maximum atomic E-state index is 13.8. The van der Waals surface area contributed by atoms with Gasteiger partial charge in [-0.3, -0.25) is 9.88 Å². The Labute approximate surface area is 211 Å². The molecule has 7 nitrogen and oxygen atoms in total. The monoisotopic (exact) mass is 500 g/mol. The van der Waals surface area contributed by atoms with Gasteiger partial charge in [-0.2, -0.15) is 0 Å². The molecule has 1 aromatic carbocycles. The van der Waals surface area contributed by atoms with Crippen LogP contribution in [0.5, 0.6) is 0 Å². The highest BCUT2D eigenvalue weighted by molar-refractivity contribution is 6.11. The number of nitrogens with zero attached hydrogens (tertiary/aromatic N) is 4. The van der Waals surface area contributed by atoms with E-state index in [4.69, 9.17) is 9.57 Å². The van der Waals surface area contributed by atoms with E-state index in [2.05, 4.69) is 15.0 Å². The SMILES string of the molecule is CCON=C(c1ccc(F)c(F)c1)c1ccc(CN2CC3(CCCN(C(=O)OC(C)(C)C)C3)C2)cn1. The minimum Gasteiger partial charge on any atom is -0.444 e. The van der Waals surface area contributed by atoms with E-state index >= 15 is 0 Å². The highest BCUT2D eigenvalue weighted by atomic mass is 19.2. The minimum atomic E-state index is -0.951. The zero-order valence-corrected chi connectivity index (χ0v) is 21.4. The van der Waals surface area contributed by atoms with Crippen molar-refractivity contribution < 1.29 is 23.1 Å². The number of rotatable bonds is 6. The van der Waals surface area contributed by atoms with Crippen LogP contribution in [0.25, 0.3) is 0 Å². The number of benzene rings is 1. The number of halogens is 2. The van der Waals surface area contributed by atoms with Crippen molar-refractivity contribution in [3.05, 3.63) is 65.0 Å². The van der Waals surface area contributed by atoms with Gasteiger partial charge in [0, 0.05) is 49.9 Å². The number of likely N-dealkylation sites (tertiary alicyclic amines) is 2. The van der Waals surface area contributed by atoms with E-state index in [0.29, 0.717) is 23.6 Å². The van der Waals surface area contributed by atoms with Gasteiger partial charge in [-0.1, -0.05) is 11.2 Å². The van der Waals surface area contributed by atoms with Crippen LogP contribution >= 0.6 is 0 Å². The van der Waals surface area contributed by atoms with Crippen molar-refractivity contribution in [3.63, 3.8) is 0 Å². The Morgan fingerprint density at radius 3 is 2.56 bits per heavy atom. The van der Waals surface area contributed by atoms with Gasteiger partial charge in [-0.25, -0.2) is 13.6 Å². The van der Waals surface area contributed by atoms with Crippen LogP contribution < -0.4 is 0 Å². The van der Waals surface area contributed by atoms with E-state index in [0.717, 1.165) is 63.3 Å². The van der Waals surface area contributed by atoms with Crippen LogP contribution in [-0.4, -0.2) is 65.0 Å². The Bertz CT molecular complexity index is 1110. The average Bonchev–Trinajstić information content (AvgIpc) is 2.80. The fourth-order valence-corrected chi connectivity index (χ4v) is 4.90. The molecule has 2 saturated heterocycles. The van der Waals surface area contributed by atoms with E-state index in [1.807, 2.05) is 37.8 Å². The summed E-state index contributed by atoms with van der Waals surface area (Å²) in [6, 6.07) is 7.38. The molecule has 0 atom stereocenters. The second kappa shape index (κ2) is 10.5. The Hall–Kier alpha value is -3.07. The molecule has 1 spiro atoms. The third-order valence-electron chi connectivity index (χ3n) is 6.38. The summed E-state index contributed by atoms with van der Waals surface area (Å²) in [6.07, 6.45) is 3.63. The van der Waals surface area contributed by atoms with Gasteiger partial charge in [0.25, 0.3) is 0 Å². The van der Waals surface area contributed by atoms with E-state index in [9.17, 15) is 13.6 Å². The van der Waals surface area contributed by atoms with Gasteiger partial charge in [0.15, 0.2) is 11.6 Å². The average molecular weight is 501 g/mol. The summed E-state index contributed by atoms with van der Waals surface area (Å²) in [5.74, 6) is -1.87. The third-order valence-corrected chi connectivity index (χ3v) is 6.38. The van der Waals surface area contributed by atoms with Gasteiger partial charge in [0.2, 0.25) is 0 Å². The van der Waals surface area contributed by atoms with Crippen LogP contribution in [0.15, 0.2) is 41.7 Å². The van der Waals surface area contributed by atoms with Crippen LogP contribution in [-0.2, 0) is 16.1 Å². The molecule has 1 aromatic heterocycles. The highest BCUT2D eigenvalue weighted by Crippen LogP contribution is 2.40. The molecule has 0 N–H and O–H groups in total. The molecule has 0 saturated carbocycles. The second-order valence-corrected chi connectivity index (χ2v) is 10.7. The predicted octanol–water partition coefficient (Wildman–Crippen LogP) is 4.98. The number of oxime groups is 1. The van der Waals surface area contributed by atoms with Crippen LogP contribution in [0.3, 0.4) is 0 Å². The van der Waals surface area contributed by atoms with Crippen molar-refractivity contribution in [1.82, 2.24) is 14.8 Å². The van der Waals surface area contributed by atoms with Crippen molar-refractivity contribution in [3.8, 4) is 0 Å². The molecule has 2 aliphatic rings. The van der Waals surface area contributed by atoms with E-state index in [-0.39, 0.29) is 11.5 Å². The maximum Gasteiger partial charge on any atom is 0.410 e. The lowest BCUT2D eigenvalue weighted by Gasteiger charge is -2.54. The molecule has 2 aliphatic heterocycles. The zero-order chi connectivity index (χ0) is 25.9. The Kier molecular flexibility index (Phi) is 7.59. The molecule has 2 fully saturated rings. The molecule has 0 radical (unpaired) electrons. The topological polar surface area (TPSA) is 67.3 Å². The summed E-state index contributed by atoms with van der Waals surface area (Å²) in [5.41, 5.74) is 1.90. The Morgan fingerprint density at radius 2 is 1.92 bits per heavy atom. The van der Waals surface area contributed by atoms with Crippen LogP contribution in [0.2, 0.25) is 0 Å². The Balaban J connectivity index is 1.37. The molecule has 0 aliphatic carbocycles. The number of pyridine rings is 1. The lowest BCUT2D eigenvalue weighted by atomic mass is 9.73. The fourth-order valence-electron chi connectivity index (χ4n) is 4.90. The van der Waals surface area contributed by atoms with Gasteiger partial charge >= 0.3 is 6.09 Å². The second-order valence-electron chi connectivity index (χ2n) is 10.7. The van der Waals surface area contributed by atoms with E-state index in [1.54, 1.807) is 13.1 Å². The smallest absolute Gasteiger partial charge is 0.410 e. The van der Waals surface area contributed by atoms with Crippen molar-refractivity contribution in [2.75, 3.05) is 32.8 Å². The molecule has 2 aromatic rings. The summed E-state index contributed by atoms with van der Waals surface area (Å²) in [4.78, 5) is 26.4.